The molecule has 2 heterocycles. The lowest BCUT2D eigenvalue weighted by Gasteiger charge is -2.16. The Morgan fingerprint density at radius 1 is 1.64 bits per heavy atom. The maximum absolute atomic E-state index is 4.25. The third-order valence-corrected chi connectivity index (χ3v) is 2.67. The molecule has 0 radical (unpaired) electrons. The number of nitrogens with one attached hydrogen (secondary N) is 1. The first kappa shape index (κ1) is 9.40. The predicted molar refractivity (Wildman–Crippen MR) is 56.3 cm³/mol. The van der Waals surface area contributed by atoms with E-state index in [1.165, 1.54) is 6.42 Å². The summed E-state index contributed by atoms with van der Waals surface area (Å²) in [6, 6.07) is 1.97. The third kappa shape index (κ3) is 2.01. The SMILES string of the molecule is CNCC1CCN(c2ccncn2)C1. The van der Waals surface area contributed by atoms with Crippen LogP contribution in [0.5, 0.6) is 0 Å². The molecule has 1 unspecified atom stereocenters. The van der Waals surface area contributed by atoms with Crippen LogP contribution in [0, 0.1) is 5.92 Å². The molecule has 1 fully saturated rings. The van der Waals surface area contributed by atoms with Crippen molar-refractivity contribution < 1.29 is 0 Å². The third-order valence-electron chi connectivity index (χ3n) is 2.67. The highest BCUT2D eigenvalue weighted by atomic mass is 15.2. The molecule has 0 spiro atoms. The van der Waals surface area contributed by atoms with E-state index < -0.39 is 0 Å². The molecule has 4 nitrogen and oxygen atoms in total. The van der Waals surface area contributed by atoms with E-state index in [0.29, 0.717) is 0 Å². The minimum atomic E-state index is 0.759. The number of anilines is 1. The van der Waals surface area contributed by atoms with Crippen molar-refractivity contribution in [2.45, 2.75) is 6.42 Å². The average molecular weight is 192 g/mol. The van der Waals surface area contributed by atoms with Crippen molar-refractivity contribution in [3.8, 4) is 0 Å². The fourth-order valence-electron chi connectivity index (χ4n) is 1.97. The molecular formula is C10H16N4. The summed E-state index contributed by atoms with van der Waals surface area (Å²) < 4.78 is 0. The molecule has 1 N–H and O–H groups in total. The van der Waals surface area contributed by atoms with Crippen LogP contribution in [-0.4, -0.2) is 36.6 Å². The van der Waals surface area contributed by atoms with E-state index >= 15 is 0 Å². The standard InChI is InChI=1S/C10H16N4/c1-11-6-9-3-5-14(7-9)10-2-4-12-8-13-10/h2,4,8-9,11H,3,5-7H2,1H3. The van der Waals surface area contributed by atoms with Gasteiger partial charge in [0.1, 0.15) is 12.1 Å². The number of hydrogen-bond acceptors (Lipinski definition) is 4. The maximum atomic E-state index is 4.25. The number of nitrogens with zero attached hydrogens (tertiary/aromatic N) is 3. The van der Waals surface area contributed by atoms with E-state index in [1.807, 2.05) is 13.1 Å². The van der Waals surface area contributed by atoms with Crippen molar-refractivity contribution in [1.82, 2.24) is 15.3 Å². The van der Waals surface area contributed by atoms with Gasteiger partial charge in [0.25, 0.3) is 0 Å². The van der Waals surface area contributed by atoms with Gasteiger partial charge in [0.15, 0.2) is 0 Å². The quantitative estimate of drug-likeness (QED) is 0.758. The van der Waals surface area contributed by atoms with Gasteiger partial charge in [-0.25, -0.2) is 9.97 Å². The molecule has 1 saturated heterocycles. The van der Waals surface area contributed by atoms with Gasteiger partial charge >= 0.3 is 0 Å². The summed E-state index contributed by atoms with van der Waals surface area (Å²) >= 11 is 0. The Morgan fingerprint density at radius 2 is 2.57 bits per heavy atom. The molecule has 14 heavy (non-hydrogen) atoms. The maximum Gasteiger partial charge on any atom is 0.131 e. The smallest absolute Gasteiger partial charge is 0.131 e. The first-order chi connectivity index (χ1) is 6.90. The van der Waals surface area contributed by atoms with Crippen molar-refractivity contribution in [2.24, 2.45) is 5.92 Å². The van der Waals surface area contributed by atoms with Crippen molar-refractivity contribution in [3.05, 3.63) is 18.6 Å². The van der Waals surface area contributed by atoms with Gasteiger partial charge in [0, 0.05) is 19.3 Å². The predicted octanol–water partition coefficient (Wildman–Crippen LogP) is 0.522. The lowest BCUT2D eigenvalue weighted by atomic mass is 10.1. The summed E-state index contributed by atoms with van der Waals surface area (Å²) in [4.78, 5) is 10.5. The van der Waals surface area contributed by atoms with Crippen molar-refractivity contribution in [2.75, 3.05) is 31.6 Å². The highest BCUT2D eigenvalue weighted by molar-refractivity contribution is 5.37. The first-order valence-electron chi connectivity index (χ1n) is 5.05. The highest BCUT2D eigenvalue weighted by Crippen LogP contribution is 2.20. The van der Waals surface area contributed by atoms with Crippen LogP contribution in [0.25, 0.3) is 0 Å². The van der Waals surface area contributed by atoms with Gasteiger partial charge in [-0.1, -0.05) is 0 Å². The van der Waals surface area contributed by atoms with Gasteiger partial charge in [-0.3, -0.25) is 0 Å². The minimum absolute atomic E-state index is 0.759. The molecular weight excluding hydrogens is 176 g/mol. The number of hydrogen-bond donors (Lipinski definition) is 1. The second-order valence-electron chi connectivity index (χ2n) is 3.73. The zero-order valence-corrected chi connectivity index (χ0v) is 8.48. The van der Waals surface area contributed by atoms with Crippen molar-refractivity contribution in [1.29, 1.82) is 0 Å². The summed E-state index contributed by atoms with van der Waals surface area (Å²) in [7, 11) is 2.01. The molecule has 0 amide bonds. The van der Waals surface area contributed by atoms with Gasteiger partial charge in [-0.2, -0.15) is 0 Å². The van der Waals surface area contributed by atoms with Crippen LogP contribution in [0.2, 0.25) is 0 Å². The topological polar surface area (TPSA) is 41.0 Å². The summed E-state index contributed by atoms with van der Waals surface area (Å²) in [5, 5.41) is 3.22. The fourth-order valence-corrected chi connectivity index (χ4v) is 1.97. The summed E-state index contributed by atoms with van der Waals surface area (Å²) in [6.07, 6.45) is 4.67. The average Bonchev–Trinajstić information content (AvgIpc) is 2.68. The highest BCUT2D eigenvalue weighted by Gasteiger charge is 2.22. The molecule has 1 atom stereocenters. The monoisotopic (exact) mass is 192 g/mol. The second-order valence-corrected chi connectivity index (χ2v) is 3.73. The molecule has 1 aromatic rings. The molecule has 1 aliphatic heterocycles. The Kier molecular flexibility index (Phi) is 2.93. The summed E-state index contributed by atoms with van der Waals surface area (Å²) in [5.41, 5.74) is 0. The zero-order chi connectivity index (χ0) is 9.80. The Bertz CT molecular complexity index is 275. The second kappa shape index (κ2) is 4.37. The molecule has 0 aliphatic carbocycles. The Labute approximate surface area is 84.4 Å². The first-order valence-corrected chi connectivity index (χ1v) is 5.05. The van der Waals surface area contributed by atoms with Crippen LogP contribution in [0.4, 0.5) is 5.82 Å². The van der Waals surface area contributed by atoms with Crippen molar-refractivity contribution >= 4 is 5.82 Å². The zero-order valence-electron chi connectivity index (χ0n) is 8.48. The molecule has 0 aromatic carbocycles. The number of rotatable bonds is 3. The van der Waals surface area contributed by atoms with Crippen molar-refractivity contribution in [3.63, 3.8) is 0 Å². The van der Waals surface area contributed by atoms with E-state index in [4.69, 9.17) is 0 Å². The van der Waals surface area contributed by atoms with Gasteiger partial charge in [-0.05, 0) is 32.0 Å². The van der Waals surface area contributed by atoms with Crippen LogP contribution in [-0.2, 0) is 0 Å². The Balaban J connectivity index is 1.96. The molecule has 4 heteroatoms. The van der Waals surface area contributed by atoms with E-state index in [1.54, 1.807) is 12.5 Å². The van der Waals surface area contributed by atoms with Gasteiger partial charge in [0.05, 0.1) is 0 Å². The Hall–Kier alpha value is -1.16. The van der Waals surface area contributed by atoms with Gasteiger partial charge < -0.3 is 10.2 Å². The van der Waals surface area contributed by atoms with E-state index in [9.17, 15) is 0 Å². The largest absolute Gasteiger partial charge is 0.356 e. The lowest BCUT2D eigenvalue weighted by molar-refractivity contribution is 0.549. The lowest BCUT2D eigenvalue weighted by Crippen LogP contribution is -2.24. The van der Waals surface area contributed by atoms with E-state index in [0.717, 1.165) is 31.4 Å². The van der Waals surface area contributed by atoms with Crippen LogP contribution in [0.15, 0.2) is 18.6 Å². The summed E-state index contributed by atoms with van der Waals surface area (Å²) in [6.45, 7) is 3.32. The number of aromatic nitrogens is 2. The molecule has 0 saturated carbocycles. The minimum Gasteiger partial charge on any atom is -0.356 e. The molecule has 0 bridgehead atoms. The molecule has 1 aliphatic rings. The van der Waals surface area contributed by atoms with Crippen LogP contribution in [0.1, 0.15) is 6.42 Å². The van der Waals surface area contributed by atoms with Crippen LogP contribution in [0.3, 0.4) is 0 Å². The van der Waals surface area contributed by atoms with E-state index in [2.05, 4.69) is 20.2 Å². The Morgan fingerprint density at radius 3 is 3.29 bits per heavy atom. The van der Waals surface area contributed by atoms with Crippen LogP contribution < -0.4 is 10.2 Å². The fraction of sp³-hybridized carbons (Fsp3) is 0.600. The molecule has 76 valence electrons. The van der Waals surface area contributed by atoms with Gasteiger partial charge in [-0.15, -0.1) is 0 Å². The normalized spacial score (nSPS) is 21.5. The molecule has 2 rings (SSSR count). The van der Waals surface area contributed by atoms with E-state index in [-0.39, 0.29) is 0 Å². The van der Waals surface area contributed by atoms with Crippen LogP contribution >= 0.6 is 0 Å². The van der Waals surface area contributed by atoms with Gasteiger partial charge in [0.2, 0.25) is 0 Å². The summed E-state index contributed by atoms with van der Waals surface area (Å²) in [5.74, 6) is 1.81. The molecule has 1 aromatic heterocycles.